The number of halogens is 1. The summed E-state index contributed by atoms with van der Waals surface area (Å²) in [4.78, 5) is 29.5. The number of hydrogen-bond donors (Lipinski definition) is 2. The minimum atomic E-state index is -0.629. The van der Waals surface area contributed by atoms with E-state index in [2.05, 4.69) is 21.0 Å². The molecule has 1 saturated carbocycles. The van der Waals surface area contributed by atoms with E-state index < -0.39 is 6.09 Å². The van der Waals surface area contributed by atoms with Gasteiger partial charge in [0.25, 0.3) is 0 Å². The van der Waals surface area contributed by atoms with Gasteiger partial charge in [0.05, 0.1) is 28.8 Å². The van der Waals surface area contributed by atoms with Crippen molar-refractivity contribution in [3.63, 3.8) is 0 Å². The summed E-state index contributed by atoms with van der Waals surface area (Å²) < 4.78 is 5.21. The molecule has 0 aromatic heterocycles. The molecule has 2 amide bonds. The summed E-state index contributed by atoms with van der Waals surface area (Å²) in [5.74, 6) is 2.90. The van der Waals surface area contributed by atoms with E-state index in [0.29, 0.717) is 17.3 Å². The van der Waals surface area contributed by atoms with Crippen LogP contribution >= 0.6 is 11.6 Å². The number of terminal acetylenes is 1. The molecule has 0 radical (unpaired) electrons. The maximum atomic E-state index is 13.5. The molecule has 0 unspecified atom stereocenters. The number of aliphatic hydroxyl groups excluding tert-OH is 1. The average molecular weight is 460 g/mol. The summed E-state index contributed by atoms with van der Waals surface area (Å²) in [6.07, 6.45) is 10.3. The SMILES string of the molecule is C#CCNC(=O)Oc1ccc(N2CCC[C@@]3(CCN(C4CCC(O)CC4)C3=O)C2)c(Cl)c1. The maximum absolute atomic E-state index is 13.5. The van der Waals surface area contributed by atoms with Gasteiger partial charge in [0.2, 0.25) is 5.91 Å². The summed E-state index contributed by atoms with van der Waals surface area (Å²) in [5, 5.41) is 12.7. The first-order valence-electron chi connectivity index (χ1n) is 11.3. The first-order chi connectivity index (χ1) is 15.4. The van der Waals surface area contributed by atoms with Crippen molar-refractivity contribution < 1.29 is 19.4 Å². The number of nitrogens with zero attached hydrogens (tertiary/aromatic N) is 2. The number of likely N-dealkylation sites (tertiary alicyclic amines) is 1. The van der Waals surface area contributed by atoms with Gasteiger partial charge in [-0.15, -0.1) is 6.42 Å². The van der Waals surface area contributed by atoms with Gasteiger partial charge in [0.15, 0.2) is 0 Å². The normalized spacial score (nSPS) is 28.0. The average Bonchev–Trinajstić information content (AvgIpc) is 3.08. The van der Waals surface area contributed by atoms with E-state index in [1.807, 2.05) is 6.07 Å². The van der Waals surface area contributed by atoms with E-state index in [1.54, 1.807) is 12.1 Å². The standard InChI is InChI=1S/C24H30ClN3O4/c1-2-12-26-23(31)32-19-8-9-21(20(25)15-19)27-13-3-10-24(16-27)11-14-28(22(24)30)17-4-6-18(29)7-5-17/h1,8-9,15,17-18,29H,3-7,10-14,16H2,(H,26,31)/t17?,18?,24-/m1/s1. The van der Waals surface area contributed by atoms with Crippen molar-refractivity contribution in [2.24, 2.45) is 5.41 Å². The number of benzene rings is 1. The number of piperidine rings is 1. The van der Waals surface area contributed by atoms with E-state index >= 15 is 0 Å². The molecule has 7 nitrogen and oxygen atoms in total. The molecular formula is C24H30ClN3O4. The summed E-state index contributed by atoms with van der Waals surface area (Å²) in [5.41, 5.74) is 0.469. The zero-order valence-corrected chi connectivity index (χ0v) is 18.9. The predicted molar refractivity (Wildman–Crippen MR) is 123 cm³/mol. The molecule has 4 rings (SSSR count). The lowest BCUT2D eigenvalue weighted by Crippen LogP contribution is -2.50. The van der Waals surface area contributed by atoms with E-state index in [4.69, 9.17) is 22.8 Å². The third kappa shape index (κ3) is 4.67. The van der Waals surface area contributed by atoms with Gasteiger partial charge in [-0.3, -0.25) is 4.79 Å². The van der Waals surface area contributed by atoms with Gasteiger partial charge >= 0.3 is 6.09 Å². The predicted octanol–water partition coefficient (Wildman–Crippen LogP) is 3.18. The molecule has 1 aromatic rings. The molecule has 1 aromatic carbocycles. The second-order valence-electron chi connectivity index (χ2n) is 9.08. The third-order valence-electron chi connectivity index (χ3n) is 7.03. The highest BCUT2D eigenvalue weighted by Crippen LogP contribution is 2.44. The van der Waals surface area contributed by atoms with Crippen LogP contribution in [0.4, 0.5) is 10.5 Å². The van der Waals surface area contributed by atoms with Crippen LogP contribution in [-0.2, 0) is 4.79 Å². The fourth-order valence-electron chi connectivity index (χ4n) is 5.36. The highest BCUT2D eigenvalue weighted by Gasteiger charge is 2.50. The van der Waals surface area contributed by atoms with E-state index in [0.717, 1.165) is 63.7 Å². The Morgan fingerprint density at radius 1 is 1.28 bits per heavy atom. The van der Waals surface area contributed by atoms with E-state index in [1.165, 1.54) is 0 Å². The highest BCUT2D eigenvalue weighted by molar-refractivity contribution is 6.33. The second-order valence-corrected chi connectivity index (χ2v) is 9.48. The molecule has 2 N–H and O–H groups in total. The number of carbonyl (C=O) groups excluding carboxylic acids is 2. The summed E-state index contributed by atoms with van der Waals surface area (Å²) in [7, 11) is 0. The summed E-state index contributed by atoms with van der Waals surface area (Å²) in [6, 6.07) is 5.41. The van der Waals surface area contributed by atoms with Crippen molar-refractivity contribution in [1.82, 2.24) is 10.2 Å². The molecule has 8 heteroatoms. The third-order valence-corrected chi connectivity index (χ3v) is 7.34. The smallest absolute Gasteiger partial charge is 0.410 e. The lowest BCUT2D eigenvalue weighted by Gasteiger charge is -2.41. The molecule has 1 aliphatic carbocycles. The Bertz CT molecular complexity index is 909. The lowest BCUT2D eigenvalue weighted by molar-refractivity contribution is -0.139. The van der Waals surface area contributed by atoms with Crippen molar-refractivity contribution in [3.05, 3.63) is 23.2 Å². The number of carbonyl (C=O) groups is 2. The molecule has 2 saturated heterocycles. The van der Waals surface area contributed by atoms with Gasteiger partial charge in [-0.1, -0.05) is 17.5 Å². The largest absolute Gasteiger partial charge is 0.413 e. The van der Waals surface area contributed by atoms with Gasteiger partial charge in [0, 0.05) is 31.7 Å². The van der Waals surface area contributed by atoms with Crippen LogP contribution in [0.25, 0.3) is 0 Å². The van der Waals surface area contributed by atoms with Crippen molar-refractivity contribution in [2.75, 3.05) is 31.1 Å². The number of ether oxygens (including phenoxy) is 1. The number of amides is 2. The number of nitrogens with one attached hydrogen (secondary N) is 1. The number of rotatable bonds is 4. The van der Waals surface area contributed by atoms with E-state index in [9.17, 15) is 14.7 Å². The maximum Gasteiger partial charge on any atom is 0.413 e. The van der Waals surface area contributed by atoms with Crippen molar-refractivity contribution in [2.45, 2.75) is 57.1 Å². The minimum absolute atomic E-state index is 0.0903. The molecule has 2 aliphatic heterocycles. The zero-order chi connectivity index (χ0) is 22.7. The van der Waals surface area contributed by atoms with Crippen LogP contribution in [0.3, 0.4) is 0 Å². The van der Waals surface area contributed by atoms with Crippen LogP contribution in [0, 0.1) is 17.8 Å². The van der Waals surface area contributed by atoms with Crippen LogP contribution in [0.1, 0.15) is 44.9 Å². The zero-order valence-electron chi connectivity index (χ0n) is 18.2. The Morgan fingerprint density at radius 3 is 2.78 bits per heavy atom. The summed E-state index contributed by atoms with van der Waals surface area (Å²) in [6.45, 7) is 2.35. The highest BCUT2D eigenvalue weighted by atomic mass is 35.5. The Morgan fingerprint density at radius 2 is 2.06 bits per heavy atom. The van der Waals surface area contributed by atoms with Gasteiger partial charge in [-0.2, -0.15) is 0 Å². The van der Waals surface area contributed by atoms with Crippen LogP contribution < -0.4 is 15.0 Å². The molecular weight excluding hydrogens is 430 g/mol. The number of hydrogen-bond acceptors (Lipinski definition) is 5. The Labute approximate surface area is 194 Å². The van der Waals surface area contributed by atoms with E-state index in [-0.39, 0.29) is 30.0 Å². The van der Waals surface area contributed by atoms with Crippen LogP contribution in [0.2, 0.25) is 5.02 Å². The minimum Gasteiger partial charge on any atom is -0.410 e. The molecule has 2 heterocycles. The Kier molecular flexibility index (Phi) is 6.82. The van der Waals surface area contributed by atoms with Crippen molar-refractivity contribution in [1.29, 1.82) is 0 Å². The van der Waals surface area contributed by atoms with Gasteiger partial charge < -0.3 is 25.0 Å². The fraction of sp³-hybridized carbons (Fsp3) is 0.583. The lowest BCUT2D eigenvalue weighted by atomic mass is 9.78. The van der Waals surface area contributed by atoms with Gasteiger partial charge in [-0.25, -0.2) is 4.79 Å². The van der Waals surface area contributed by atoms with Gasteiger partial charge in [-0.05, 0) is 57.1 Å². The molecule has 3 aliphatic rings. The first kappa shape index (κ1) is 22.8. The van der Waals surface area contributed by atoms with Crippen molar-refractivity contribution >= 4 is 29.3 Å². The Balaban J connectivity index is 1.43. The topological polar surface area (TPSA) is 82.1 Å². The molecule has 3 fully saturated rings. The van der Waals surface area contributed by atoms with Crippen LogP contribution in [0.5, 0.6) is 5.75 Å². The Hall–Kier alpha value is -2.43. The number of anilines is 1. The molecule has 0 bridgehead atoms. The van der Waals surface area contributed by atoms with Crippen LogP contribution in [-0.4, -0.2) is 60.3 Å². The quantitative estimate of drug-likeness (QED) is 0.676. The number of aliphatic hydroxyl groups is 1. The van der Waals surface area contributed by atoms with Gasteiger partial charge in [0.1, 0.15) is 5.75 Å². The second kappa shape index (κ2) is 9.60. The molecule has 32 heavy (non-hydrogen) atoms. The summed E-state index contributed by atoms with van der Waals surface area (Å²) >= 11 is 6.54. The molecule has 1 atom stereocenters. The first-order valence-corrected chi connectivity index (χ1v) is 11.7. The fourth-order valence-corrected chi connectivity index (χ4v) is 5.65. The van der Waals surface area contributed by atoms with Crippen LogP contribution in [0.15, 0.2) is 18.2 Å². The molecule has 1 spiro atoms. The van der Waals surface area contributed by atoms with Crippen molar-refractivity contribution in [3.8, 4) is 18.1 Å². The molecule has 172 valence electrons. The monoisotopic (exact) mass is 459 g/mol.